The minimum atomic E-state index is -0.583. The average Bonchev–Trinajstić information content (AvgIpc) is 2.61. The predicted molar refractivity (Wildman–Crippen MR) is 88.6 cm³/mol. The minimum Gasteiger partial charge on any atom is -0.352 e. The smallest absolute Gasteiger partial charge is 0.247 e. The van der Waals surface area contributed by atoms with Gasteiger partial charge in [0.2, 0.25) is 11.8 Å². The number of amides is 2. The molecule has 1 heterocycles. The Kier molecular flexibility index (Phi) is 4.89. The molecular weight excluding hydrogens is 307 g/mol. The highest BCUT2D eigenvalue weighted by Gasteiger charge is 2.33. The Morgan fingerprint density at radius 1 is 1.12 bits per heavy atom. The van der Waals surface area contributed by atoms with Crippen LogP contribution in [0.1, 0.15) is 23.6 Å². The fourth-order valence-electron chi connectivity index (χ4n) is 2.95. The van der Waals surface area contributed by atoms with Crippen LogP contribution in [0.25, 0.3) is 0 Å². The van der Waals surface area contributed by atoms with Gasteiger partial charge in [0, 0.05) is 19.5 Å². The van der Waals surface area contributed by atoms with E-state index in [0.717, 1.165) is 11.1 Å². The normalized spacial score (nSPS) is 17.5. The van der Waals surface area contributed by atoms with Crippen LogP contribution >= 0.6 is 0 Å². The van der Waals surface area contributed by atoms with Crippen LogP contribution in [0, 0.1) is 5.82 Å². The number of hydrogen-bond acceptors (Lipinski definition) is 2. The Bertz CT molecular complexity index is 716. The molecule has 2 amide bonds. The second-order valence-electron chi connectivity index (χ2n) is 5.82. The number of nitrogens with zero attached hydrogens (tertiary/aromatic N) is 1. The SMILES string of the molecule is O=C1NCCN(C(=O)CCc2ccc(F)cc2)C1c1ccccc1. The Hall–Kier alpha value is -2.69. The summed E-state index contributed by atoms with van der Waals surface area (Å²) < 4.78 is 12.9. The van der Waals surface area contributed by atoms with Crippen molar-refractivity contribution in [2.75, 3.05) is 13.1 Å². The van der Waals surface area contributed by atoms with E-state index in [4.69, 9.17) is 0 Å². The Morgan fingerprint density at radius 3 is 2.54 bits per heavy atom. The van der Waals surface area contributed by atoms with Gasteiger partial charge in [-0.3, -0.25) is 9.59 Å². The van der Waals surface area contributed by atoms with Gasteiger partial charge in [0.15, 0.2) is 0 Å². The van der Waals surface area contributed by atoms with Crippen molar-refractivity contribution in [3.05, 3.63) is 71.5 Å². The Morgan fingerprint density at radius 2 is 1.83 bits per heavy atom. The van der Waals surface area contributed by atoms with E-state index < -0.39 is 6.04 Å². The van der Waals surface area contributed by atoms with Crippen LogP contribution in [0.4, 0.5) is 4.39 Å². The van der Waals surface area contributed by atoms with Gasteiger partial charge in [0.05, 0.1) is 0 Å². The first-order valence-electron chi connectivity index (χ1n) is 8.02. The maximum atomic E-state index is 12.9. The number of hydrogen-bond donors (Lipinski definition) is 1. The number of carbonyl (C=O) groups is 2. The zero-order valence-electron chi connectivity index (χ0n) is 13.2. The average molecular weight is 326 g/mol. The Balaban J connectivity index is 1.71. The van der Waals surface area contributed by atoms with E-state index in [1.165, 1.54) is 12.1 Å². The molecule has 1 N–H and O–H groups in total. The van der Waals surface area contributed by atoms with Crippen LogP contribution in [-0.2, 0) is 16.0 Å². The summed E-state index contributed by atoms with van der Waals surface area (Å²) in [6, 6.07) is 14.9. The summed E-state index contributed by atoms with van der Waals surface area (Å²) in [5.41, 5.74) is 1.72. The Labute approximate surface area is 140 Å². The summed E-state index contributed by atoms with van der Waals surface area (Å²) in [7, 11) is 0. The number of aryl methyl sites for hydroxylation is 1. The van der Waals surface area contributed by atoms with Crippen LogP contribution in [0.5, 0.6) is 0 Å². The van der Waals surface area contributed by atoms with E-state index in [1.54, 1.807) is 17.0 Å². The summed E-state index contributed by atoms with van der Waals surface area (Å²) in [6.07, 6.45) is 0.820. The molecule has 3 rings (SSSR count). The van der Waals surface area contributed by atoms with Crippen LogP contribution in [-0.4, -0.2) is 29.8 Å². The number of benzene rings is 2. The molecule has 0 saturated carbocycles. The molecule has 1 fully saturated rings. The third kappa shape index (κ3) is 3.62. The standard InChI is InChI=1S/C19H19FN2O2/c20-16-9-6-14(7-10-16)8-11-17(23)22-13-12-21-19(24)18(22)15-4-2-1-3-5-15/h1-7,9-10,18H,8,11-13H2,(H,21,24). The van der Waals surface area contributed by atoms with Crippen LogP contribution < -0.4 is 5.32 Å². The van der Waals surface area contributed by atoms with E-state index in [9.17, 15) is 14.0 Å². The monoisotopic (exact) mass is 326 g/mol. The van der Waals surface area contributed by atoms with E-state index in [1.807, 2.05) is 30.3 Å². The van der Waals surface area contributed by atoms with E-state index in [-0.39, 0.29) is 17.6 Å². The third-order valence-electron chi connectivity index (χ3n) is 4.19. The van der Waals surface area contributed by atoms with Gasteiger partial charge in [-0.2, -0.15) is 0 Å². The molecule has 5 heteroatoms. The number of rotatable bonds is 4. The molecule has 1 atom stereocenters. The first-order chi connectivity index (χ1) is 11.6. The largest absolute Gasteiger partial charge is 0.352 e. The third-order valence-corrected chi connectivity index (χ3v) is 4.19. The lowest BCUT2D eigenvalue weighted by Gasteiger charge is -2.35. The summed E-state index contributed by atoms with van der Waals surface area (Å²) in [5, 5.41) is 2.82. The number of piperazine rings is 1. The van der Waals surface area contributed by atoms with Gasteiger partial charge in [-0.25, -0.2) is 4.39 Å². The lowest BCUT2D eigenvalue weighted by atomic mass is 10.0. The molecule has 2 aromatic rings. The highest BCUT2D eigenvalue weighted by molar-refractivity contribution is 5.89. The van der Waals surface area contributed by atoms with Gasteiger partial charge < -0.3 is 10.2 Å². The number of carbonyl (C=O) groups excluding carboxylic acids is 2. The highest BCUT2D eigenvalue weighted by Crippen LogP contribution is 2.24. The van der Waals surface area contributed by atoms with Gasteiger partial charge >= 0.3 is 0 Å². The van der Waals surface area contributed by atoms with Crippen molar-refractivity contribution in [3.8, 4) is 0 Å². The fraction of sp³-hybridized carbons (Fsp3) is 0.263. The van der Waals surface area contributed by atoms with Crippen molar-refractivity contribution < 1.29 is 14.0 Å². The highest BCUT2D eigenvalue weighted by atomic mass is 19.1. The fourth-order valence-corrected chi connectivity index (χ4v) is 2.95. The van der Waals surface area contributed by atoms with E-state index >= 15 is 0 Å². The minimum absolute atomic E-state index is 0.0666. The molecule has 0 radical (unpaired) electrons. The molecule has 4 nitrogen and oxygen atoms in total. The van der Waals surface area contributed by atoms with Crippen molar-refractivity contribution in [2.24, 2.45) is 0 Å². The first kappa shape index (κ1) is 16.2. The van der Waals surface area contributed by atoms with E-state index in [0.29, 0.717) is 25.9 Å². The summed E-state index contributed by atoms with van der Waals surface area (Å²) in [6.45, 7) is 0.956. The lowest BCUT2D eigenvalue weighted by molar-refractivity contribution is -0.143. The van der Waals surface area contributed by atoms with Crippen molar-refractivity contribution in [1.29, 1.82) is 0 Å². The molecule has 1 aliphatic rings. The zero-order chi connectivity index (χ0) is 16.9. The second-order valence-corrected chi connectivity index (χ2v) is 5.82. The van der Waals surface area contributed by atoms with Crippen LogP contribution in [0.2, 0.25) is 0 Å². The van der Waals surface area contributed by atoms with Crippen molar-refractivity contribution in [3.63, 3.8) is 0 Å². The molecule has 2 aromatic carbocycles. The maximum absolute atomic E-state index is 12.9. The number of nitrogens with one attached hydrogen (secondary N) is 1. The van der Waals surface area contributed by atoms with Crippen molar-refractivity contribution in [2.45, 2.75) is 18.9 Å². The van der Waals surface area contributed by atoms with Gasteiger partial charge in [-0.15, -0.1) is 0 Å². The molecular formula is C19H19FN2O2. The van der Waals surface area contributed by atoms with Gasteiger partial charge in [-0.1, -0.05) is 42.5 Å². The first-order valence-corrected chi connectivity index (χ1v) is 8.02. The molecule has 1 saturated heterocycles. The number of halogens is 1. The van der Waals surface area contributed by atoms with Gasteiger partial charge in [-0.05, 0) is 29.7 Å². The quantitative estimate of drug-likeness (QED) is 0.938. The predicted octanol–water partition coefficient (Wildman–Crippen LogP) is 2.46. The topological polar surface area (TPSA) is 49.4 Å². The molecule has 24 heavy (non-hydrogen) atoms. The molecule has 1 aliphatic heterocycles. The molecule has 0 bridgehead atoms. The zero-order valence-corrected chi connectivity index (χ0v) is 13.2. The van der Waals surface area contributed by atoms with Crippen molar-refractivity contribution >= 4 is 11.8 Å². The molecule has 0 aromatic heterocycles. The maximum Gasteiger partial charge on any atom is 0.247 e. The summed E-state index contributed by atoms with van der Waals surface area (Å²) >= 11 is 0. The molecule has 1 unspecified atom stereocenters. The molecule has 0 aliphatic carbocycles. The van der Waals surface area contributed by atoms with Crippen LogP contribution in [0.3, 0.4) is 0 Å². The van der Waals surface area contributed by atoms with E-state index in [2.05, 4.69) is 5.32 Å². The second kappa shape index (κ2) is 7.25. The van der Waals surface area contributed by atoms with Gasteiger partial charge in [0.1, 0.15) is 11.9 Å². The molecule has 124 valence electrons. The van der Waals surface area contributed by atoms with Crippen LogP contribution in [0.15, 0.2) is 54.6 Å². The van der Waals surface area contributed by atoms with Crippen molar-refractivity contribution in [1.82, 2.24) is 10.2 Å². The summed E-state index contributed by atoms with van der Waals surface area (Å²) in [5.74, 6) is -0.507. The van der Waals surface area contributed by atoms with Gasteiger partial charge in [0.25, 0.3) is 0 Å². The lowest BCUT2D eigenvalue weighted by Crippen LogP contribution is -2.52. The molecule has 0 spiro atoms. The summed E-state index contributed by atoms with van der Waals surface area (Å²) in [4.78, 5) is 26.6.